The van der Waals surface area contributed by atoms with E-state index < -0.39 is 23.3 Å². The van der Waals surface area contributed by atoms with Gasteiger partial charge in [0.25, 0.3) is 0 Å². The molecule has 0 aliphatic carbocycles. The molecule has 6 heteroatoms. The summed E-state index contributed by atoms with van der Waals surface area (Å²) in [6, 6.07) is 16.5. The Kier molecular flexibility index (Phi) is 10.4. The van der Waals surface area contributed by atoms with E-state index in [4.69, 9.17) is 9.47 Å². The maximum Gasteiger partial charge on any atom is 0.426 e. The van der Waals surface area contributed by atoms with Crippen molar-refractivity contribution in [2.75, 3.05) is 0 Å². The largest absolute Gasteiger partial charge is 0.429 e. The second-order valence-electron chi connectivity index (χ2n) is 9.50. The Bertz CT molecular complexity index is 1060. The number of halogens is 4. The third-order valence-electron chi connectivity index (χ3n) is 6.31. The molecule has 0 amide bonds. The van der Waals surface area contributed by atoms with Gasteiger partial charge in [0, 0.05) is 0 Å². The molecule has 0 saturated heterocycles. The minimum atomic E-state index is -3.68. The zero-order valence-corrected chi connectivity index (χ0v) is 21.6. The average molecular weight is 517 g/mol. The summed E-state index contributed by atoms with van der Waals surface area (Å²) in [5.41, 5.74) is 0.922. The molecule has 37 heavy (non-hydrogen) atoms. The number of benzene rings is 3. The maximum atomic E-state index is 14.7. The van der Waals surface area contributed by atoms with E-state index in [1.54, 1.807) is 24.3 Å². The van der Waals surface area contributed by atoms with Gasteiger partial charge in [-0.15, -0.1) is 0 Å². The standard InChI is InChI=1S/C31H36F4O2/c1-3-4-5-6-7-8-9-10-11-25-14-22-29(23-15-25)37-31(34,35)27-18-16-26(17-19-27)30(32,33)36-28-20-12-24(2)13-21-28/h12-23H,3-11H2,1-2H3. The molecule has 0 aliphatic heterocycles. The van der Waals surface area contributed by atoms with Gasteiger partial charge in [0.1, 0.15) is 11.5 Å². The number of hydrogen-bond acceptors (Lipinski definition) is 2. The maximum absolute atomic E-state index is 14.7. The summed E-state index contributed by atoms with van der Waals surface area (Å²) in [4.78, 5) is 0. The molecule has 0 saturated carbocycles. The molecule has 200 valence electrons. The summed E-state index contributed by atoms with van der Waals surface area (Å²) >= 11 is 0. The predicted octanol–water partition coefficient (Wildman–Crippen LogP) is 9.93. The lowest BCUT2D eigenvalue weighted by Crippen LogP contribution is -2.24. The average Bonchev–Trinajstić information content (AvgIpc) is 2.88. The van der Waals surface area contributed by atoms with E-state index in [2.05, 4.69) is 6.92 Å². The molecule has 3 aromatic carbocycles. The van der Waals surface area contributed by atoms with Gasteiger partial charge in [0.05, 0.1) is 11.1 Å². The van der Waals surface area contributed by atoms with Crippen LogP contribution in [-0.4, -0.2) is 0 Å². The fraction of sp³-hybridized carbons (Fsp3) is 0.419. The van der Waals surface area contributed by atoms with E-state index in [9.17, 15) is 17.6 Å². The zero-order chi connectivity index (χ0) is 26.7. The van der Waals surface area contributed by atoms with Crippen molar-refractivity contribution in [3.05, 3.63) is 95.1 Å². The lowest BCUT2D eigenvalue weighted by molar-refractivity contribution is -0.188. The van der Waals surface area contributed by atoms with Gasteiger partial charge in [-0.2, -0.15) is 17.6 Å². The molecule has 3 aromatic rings. The fourth-order valence-corrected chi connectivity index (χ4v) is 4.07. The Labute approximate surface area is 217 Å². The topological polar surface area (TPSA) is 18.5 Å². The Hall–Kier alpha value is -3.02. The highest BCUT2D eigenvalue weighted by Gasteiger charge is 2.38. The van der Waals surface area contributed by atoms with Crippen LogP contribution < -0.4 is 9.47 Å². The molecule has 0 heterocycles. The Balaban J connectivity index is 1.50. The third kappa shape index (κ3) is 9.10. The van der Waals surface area contributed by atoms with E-state index in [0.29, 0.717) is 0 Å². The summed E-state index contributed by atoms with van der Waals surface area (Å²) in [6.07, 6.45) is 3.41. The van der Waals surface area contributed by atoms with Crippen molar-refractivity contribution in [2.45, 2.75) is 83.9 Å². The van der Waals surface area contributed by atoms with Gasteiger partial charge in [-0.05, 0) is 73.9 Å². The van der Waals surface area contributed by atoms with Crippen molar-refractivity contribution in [2.24, 2.45) is 0 Å². The highest BCUT2D eigenvalue weighted by Crippen LogP contribution is 2.35. The van der Waals surface area contributed by atoms with Crippen molar-refractivity contribution in [3.8, 4) is 11.5 Å². The smallest absolute Gasteiger partial charge is 0.426 e. The molecule has 0 spiro atoms. The third-order valence-corrected chi connectivity index (χ3v) is 6.31. The van der Waals surface area contributed by atoms with Gasteiger partial charge in [-0.1, -0.05) is 81.7 Å². The summed E-state index contributed by atoms with van der Waals surface area (Å²) in [7, 11) is 0. The van der Waals surface area contributed by atoms with Crippen LogP contribution in [0.3, 0.4) is 0 Å². The molecule has 0 radical (unpaired) electrons. The highest BCUT2D eigenvalue weighted by molar-refractivity contribution is 5.32. The number of hydrogen-bond donors (Lipinski definition) is 0. The molecule has 0 bridgehead atoms. The second kappa shape index (κ2) is 13.5. The Morgan fingerprint density at radius 3 is 1.41 bits per heavy atom. The molecule has 0 unspecified atom stereocenters. The van der Waals surface area contributed by atoms with Gasteiger partial charge in [0.2, 0.25) is 0 Å². The lowest BCUT2D eigenvalue weighted by Gasteiger charge is -2.21. The van der Waals surface area contributed by atoms with Crippen LogP contribution in [0.5, 0.6) is 11.5 Å². The van der Waals surface area contributed by atoms with E-state index in [-0.39, 0.29) is 11.5 Å². The number of ether oxygens (including phenoxy) is 2. The number of unbranched alkanes of at least 4 members (excludes halogenated alkanes) is 7. The fourth-order valence-electron chi connectivity index (χ4n) is 4.07. The van der Waals surface area contributed by atoms with Crippen LogP contribution in [0.4, 0.5) is 17.6 Å². The number of alkyl halides is 4. The van der Waals surface area contributed by atoms with E-state index in [1.807, 2.05) is 6.92 Å². The van der Waals surface area contributed by atoms with Crippen molar-refractivity contribution >= 4 is 0 Å². The van der Waals surface area contributed by atoms with Crippen molar-refractivity contribution in [1.82, 2.24) is 0 Å². The van der Waals surface area contributed by atoms with Gasteiger partial charge in [-0.25, -0.2) is 0 Å². The minimum absolute atomic E-state index is 0.0146. The molecule has 0 N–H and O–H groups in total. The molecular weight excluding hydrogens is 480 g/mol. The van der Waals surface area contributed by atoms with Gasteiger partial charge < -0.3 is 9.47 Å². The highest BCUT2D eigenvalue weighted by atomic mass is 19.3. The Morgan fingerprint density at radius 2 is 0.946 bits per heavy atom. The van der Waals surface area contributed by atoms with Crippen LogP contribution in [0.25, 0.3) is 0 Å². The normalized spacial score (nSPS) is 11.9. The first kappa shape index (κ1) is 28.5. The quantitative estimate of drug-likeness (QED) is 0.148. The molecule has 0 aliphatic rings. The lowest BCUT2D eigenvalue weighted by atomic mass is 10.0. The van der Waals surface area contributed by atoms with Gasteiger partial charge in [0.15, 0.2) is 0 Å². The summed E-state index contributed by atoms with van der Waals surface area (Å²) in [5.74, 6) is 0.000908. The minimum Gasteiger partial charge on any atom is -0.429 e. The van der Waals surface area contributed by atoms with Crippen molar-refractivity contribution in [3.63, 3.8) is 0 Å². The SMILES string of the molecule is CCCCCCCCCCc1ccc(OC(F)(F)c2ccc(C(F)(F)Oc3ccc(C)cc3)cc2)cc1. The van der Waals surface area contributed by atoms with E-state index in [1.165, 1.54) is 62.8 Å². The summed E-state index contributed by atoms with van der Waals surface area (Å²) < 4.78 is 68.1. The second-order valence-corrected chi connectivity index (χ2v) is 9.50. The van der Waals surface area contributed by atoms with Gasteiger partial charge in [-0.3, -0.25) is 0 Å². The first-order chi connectivity index (χ1) is 17.7. The summed E-state index contributed by atoms with van der Waals surface area (Å²) in [5, 5.41) is 0. The molecule has 0 atom stereocenters. The van der Waals surface area contributed by atoms with Crippen LogP contribution >= 0.6 is 0 Å². The summed E-state index contributed by atoms with van der Waals surface area (Å²) in [6.45, 7) is 4.04. The van der Waals surface area contributed by atoms with Crippen LogP contribution in [0.15, 0.2) is 72.8 Å². The van der Waals surface area contributed by atoms with Crippen LogP contribution in [0.2, 0.25) is 0 Å². The van der Waals surface area contributed by atoms with Crippen LogP contribution in [0.1, 0.15) is 80.5 Å². The van der Waals surface area contributed by atoms with E-state index in [0.717, 1.165) is 54.7 Å². The molecule has 3 rings (SSSR count). The number of aryl methyl sites for hydroxylation is 2. The molecule has 0 fully saturated rings. The molecular formula is C31H36F4O2. The van der Waals surface area contributed by atoms with Crippen LogP contribution in [0, 0.1) is 6.92 Å². The Morgan fingerprint density at radius 1 is 0.541 bits per heavy atom. The monoisotopic (exact) mass is 516 g/mol. The van der Waals surface area contributed by atoms with Gasteiger partial charge >= 0.3 is 12.2 Å². The molecule has 0 aromatic heterocycles. The number of rotatable bonds is 15. The predicted molar refractivity (Wildman–Crippen MR) is 139 cm³/mol. The first-order valence-corrected chi connectivity index (χ1v) is 13.1. The zero-order valence-electron chi connectivity index (χ0n) is 21.6. The van der Waals surface area contributed by atoms with Crippen molar-refractivity contribution < 1.29 is 27.0 Å². The molecule has 2 nitrogen and oxygen atoms in total. The van der Waals surface area contributed by atoms with Crippen LogP contribution in [-0.2, 0) is 18.6 Å². The van der Waals surface area contributed by atoms with Crippen molar-refractivity contribution in [1.29, 1.82) is 0 Å². The van der Waals surface area contributed by atoms with E-state index >= 15 is 0 Å². The first-order valence-electron chi connectivity index (χ1n) is 13.1.